The molecule has 0 aromatic heterocycles. The van der Waals surface area contributed by atoms with Crippen LogP contribution in [0.4, 0.5) is 0 Å². The molecule has 0 bridgehead atoms. The number of amides is 1. The van der Waals surface area contributed by atoms with Crippen molar-refractivity contribution in [2.24, 2.45) is 17.1 Å². The summed E-state index contributed by atoms with van der Waals surface area (Å²) >= 11 is 0. The van der Waals surface area contributed by atoms with Crippen LogP contribution < -0.4 is 11.1 Å². The molecule has 0 aliphatic heterocycles. The highest BCUT2D eigenvalue weighted by Gasteiger charge is 2.23. The van der Waals surface area contributed by atoms with Gasteiger partial charge < -0.3 is 11.1 Å². The molecule has 2 atom stereocenters. The minimum atomic E-state index is 0.0292. The van der Waals surface area contributed by atoms with Gasteiger partial charge in [-0.2, -0.15) is 0 Å². The molecular weight excluding hydrogens is 248 g/mol. The quantitative estimate of drug-likeness (QED) is 0.866. The maximum Gasteiger partial charge on any atom is 0.220 e. The van der Waals surface area contributed by atoms with Crippen LogP contribution >= 0.6 is 0 Å². The molecule has 0 spiro atoms. The van der Waals surface area contributed by atoms with Gasteiger partial charge in [-0.15, -0.1) is 0 Å². The highest BCUT2D eigenvalue weighted by molar-refractivity contribution is 5.76. The summed E-state index contributed by atoms with van der Waals surface area (Å²) in [7, 11) is 0. The summed E-state index contributed by atoms with van der Waals surface area (Å²) < 4.78 is 0. The molecule has 0 saturated carbocycles. The molecule has 1 amide bonds. The predicted octanol–water partition coefficient (Wildman–Crippen LogP) is 3.39. The summed E-state index contributed by atoms with van der Waals surface area (Å²) in [4.78, 5) is 12.1. The third-order valence-corrected chi connectivity index (χ3v) is 4.06. The molecule has 3 heteroatoms. The summed E-state index contributed by atoms with van der Waals surface area (Å²) in [5, 5.41) is 3.07. The summed E-state index contributed by atoms with van der Waals surface area (Å²) in [6.07, 6.45) is 0.564. The second-order valence-corrected chi connectivity index (χ2v) is 6.71. The fourth-order valence-electron chi connectivity index (χ4n) is 1.91. The first-order chi connectivity index (χ1) is 9.24. The summed E-state index contributed by atoms with van der Waals surface area (Å²) in [6, 6.07) is 8.10. The Morgan fingerprint density at radius 1 is 1.20 bits per heavy atom. The number of benzene rings is 1. The summed E-state index contributed by atoms with van der Waals surface area (Å²) in [5.41, 5.74) is 7.95. The zero-order chi connectivity index (χ0) is 15.3. The Balaban J connectivity index is 2.56. The average molecular weight is 276 g/mol. The van der Waals surface area contributed by atoms with Crippen molar-refractivity contribution < 1.29 is 4.79 Å². The second kappa shape index (κ2) is 6.89. The molecule has 20 heavy (non-hydrogen) atoms. The Bertz CT molecular complexity index is 431. The second-order valence-electron chi connectivity index (χ2n) is 6.71. The van der Waals surface area contributed by atoms with Gasteiger partial charge in [-0.05, 0) is 29.4 Å². The van der Waals surface area contributed by atoms with E-state index in [4.69, 9.17) is 5.73 Å². The largest absolute Gasteiger partial charge is 0.350 e. The molecular formula is C17H28N2O. The molecule has 1 aromatic rings. The lowest BCUT2D eigenvalue weighted by Gasteiger charge is -2.27. The number of hydrogen-bond donors (Lipinski definition) is 2. The highest BCUT2D eigenvalue weighted by atomic mass is 16.1. The van der Waals surface area contributed by atoms with Gasteiger partial charge in [0.1, 0.15) is 0 Å². The number of nitrogens with two attached hydrogens (primary N) is 1. The molecule has 112 valence electrons. The van der Waals surface area contributed by atoms with Crippen LogP contribution in [0.5, 0.6) is 0 Å². The van der Waals surface area contributed by atoms with Crippen LogP contribution in [-0.4, -0.2) is 5.91 Å². The van der Waals surface area contributed by atoms with E-state index in [9.17, 15) is 4.79 Å². The van der Waals surface area contributed by atoms with Gasteiger partial charge in [0.05, 0.1) is 6.04 Å². The van der Waals surface area contributed by atoms with E-state index in [0.717, 1.165) is 11.1 Å². The van der Waals surface area contributed by atoms with Gasteiger partial charge in [-0.3, -0.25) is 4.79 Å². The predicted molar refractivity (Wildman–Crippen MR) is 84.1 cm³/mol. The van der Waals surface area contributed by atoms with Gasteiger partial charge in [0, 0.05) is 13.0 Å². The van der Waals surface area contributed by atoms with Crippen LogP contribution in [0.1, 0.15) is 58.2 Å². The van der Waals surface area contributed by atoms with Gasteiger partial charge in [-0.1, -0.05) is 52.0 Å². The van der Waals surface area contributed by atoms with Gasteiger partial charge in [0.2, 0.25) is 5.91 Å². The first-order valence-corrected chi connectivity index (χ1v) is 7.32. The third kappa shape index (κ3) is 4.97. The highest BCUT2D eigenvalue weighted by Crippen LogP contribution is 2.28. The monoisotopic (exact) mass is 276 g/mol. The molecule has 1 aromatic carbocycles. The minimum Gasteiger partial charge on any atom is -0.350 e. The molecule has 1 rings (SSSR count). The van der Waals surface area contributed by atoms with Gasteiger partial charge in [0.15, 0.2) is 0 Å². The van der Waals surface area contributed by atoms with Crippen molar-refractivity contribution in [3.8, 4) is 0 Å². The molecule has 0 heterocycles. The Hall–Kier alpha value is -1.35. The van der Waals surface area contributed by atoms with E-state index in [1.165, 1.54) is 0 Å². The van der Waals surface area contributed by atoms with Gasteiger partial charge in [-0.25, -0.2) is 0 Å². The van der Waals surface area contributed by atoms with Crippen molar-refractivity contribution in [1.82, 2.24) is 5.32 Å². The SMILES string of the molecule is CC(NC(=O)CC(C)C(C)(C)C)c1ccc(CN)cc1. The lowest BCUT2D eigenvalue weighted by atomic mass is 9.80. The number of nitrogens with one attached hydrogen (secondary N) is 1. The molecule has 0 saturated heterocycles. The lowest BCUT2D eigenvalue weighted by molar-refractivity contribution is -0.123. The number of carbonyl (C=O) groups excluding carboxylic acids is 1. The normalized spacial score (nSPS) is 14.7. The lowest BCUT2D eigenvalue weighted by Crippen LogP contribution is -2.31. The first-order valence-electron chi connectivity index (χ1n) is 7.32. The molecule has 2 unspecified atom stereocenters. The number of carbonyl (C=O) groups is 1. The average Bonchev–Trinajstić information content (AvgIpc) is 2.37. The van der Waals surface area contributed by atoms with Crippen molar-refractivity contribution in [1.29, 1.82) is 0 Å². The van der Waals surface area contributed by atoms with Crippen LogP contribution in [0.2, 0.25) is 0 Å². The molecule has 3 N–H and O–H groups in total. The topological polar surface area (TPSA) is 55.1 Å². The van der Waals surface area contributed by atoms with Crippen molar-refractivity contribution in [2.75, 3.05) is 0 Å². The maximum absolute atomic E-state index is 12.1. The van der Waals surface area contributed by atoms with E-state index in [1.807, 2.05) is 31.2 Å². The Kier molecular flexibility index (Phi) is 5.75. The Morgan fingerprint density at radius 2 is 1.75 bits per heavy atom. The van der Waals surface area contributed by atoms with E-state index >= 15 is 0 Å². The van der Waals surface area contributed by atoms with Crippen molar-refractivity contribution in [3.63, 3.8) is 0 Å². The summed E-state index contributed by atoms with van der Waals surface area (Å²) in [6.45, 7) is 11.2. The smallest absolute Gasteiger partial charge is 0.220 e. The number of rotatable bonds is 5. The van der Waals surface area contributed by atoms with Crippen molar-refractivity contribution >= 4 is 5.91 Å². The van der Waals surface area contributed by atoms with E-state index in [-0.39, 0.29) is 17.4 Å². The molecule has 0 radical (unpaired) electrons. The molecule has 0 aliphatic rings. The zero-order valence-electron chi connectivity index (χ0n) is 13.4. The van der Waals surface area contributed by atoms with E-state index < -0.39 is 0 Å². The van der Waals surface area contributed by atoms with Gasteiger partial charge >= 0.3 is 0 Å². The van der Waals surface area contributed by atoms with Crippen LogP contribution in [0, 0.1) is 11.3 Å². The van der Waals surface area contributed by atoms with Crippen LogP contribution in [0.25, 0.3) is 0 Å². The van der Waals surface area contributed by atoms with E-state index in [0.29, 0.717) is 18.9 Å². The van der Waals surface area contributed by atoms with E-state index in [2.05, 4.69) is 33.0 Å². The standard InChI is InChI=1S/C17H28N2O/c1-12(17(3,4)5)10-16(20)19-13(2)15-8-6-14(11-18)7-9-15/h6-9,12-13H,10-11,18H2,1-5H3,(H,19,20). The number of hydrogen-bond acceptors (Lipinski definition) is 2. The van der Waals surface area contributed by atoms with Crippen molar-refractivity contribution in [3.05, 3.63) is 35.4 Å². The Morgan fingerprint density at radius 3 is 2.20 bits per heavy atom. The van der Waals surface area contributed by atoms with Crippen LogP contribution in [0.15, 0.2) is 24.3 Å². The van der Waals surface area contributed by atoms with Gasteiger partial charge in [0.25, 0.3) is 0 Å². The van der Waals surface area contributed by atoms with Crippen LogP contribution in [-0.2, 0) is 11.3 Å². The third-order valence-electron chi connectivity index (χ3n) is 4.06. The van der Waals surface area contributed by atoms with Crippen molar-refractivity contribution in [2.45, 2.75) is 53.6 Å². The Labute approximate surface area is 122 Å². The zero-order valence-corrected chi connectivity index (χ0v) is 13.4. The molecule has 3 nitrogen and oxygen atoms in total. The molecule has 0 fully saturated rings. The minimum absolute atomic E-state index is 0.0292. The first kappa shape index (κ1) is 16.7. The van der Waals surface area contributed by atoms with Crippen LogP contribution in [0.3, 0.4) is 0 Å². The fraction of sp³-hybridized carbons (Fsp3) is 0.588. The summed E-state index contributed by atoms with van der Waals surface area (Å²) in [5.74, 6) is 0.470. The fourth-order valence-corrected chi connectivity index (χ4v) is 1.91. The van der Waals surface area contributed by atoms with E-state index in [1.54, 1.807) is 0 Å². The molecule has 0 aliphatic carbocycles. The maximum atomic E-state index is 12.1.